The third-order valence-electron chi connectivity index (χ3n) is 5.49. The minimum Gasteiger partial charge on any atom is -0.507 e. The van der Waals surface area contributed by atoms with Gasteiger partial charge in [-0.1, -0.05) is 42.8 Å². The first-order valence-electron chi connectivity index (χ1n) is 10.7. The summed E-state index contributed by atoms with van der Waals surface area (Å²) in [5.41, 5.74) is 2.80. The van der Waals surface area contributed by atoms with Crippen LogP contribution in [0, 0.1) is 6.92 Å². The van der Waals surface area contributed by atoms with Crippen LogP contribution in [0.4, 0.5) is 0 Å². The molecule has 0 aliphatic heterocycles. The van der Waals surface area contributed by atoms with Gasteiger partial charge in [0.2, 0.25) is 0 Å². The molecule has 0 aromatic heterocycles. The Balaban J connectivity index is 1.51. The Bertz CT molecular complexity index is 1200. The average molecular weight is 469 g/mol. The normalized spacial score (nSPS) is 12.3. The molecule has 0 bridgehead atoms. The van der Waals surface area contributed by atoms with Crippen molar-refractivity contribution in [1.82, 2.24) is 0 Å². The molecule has 3 aromatic rings. The summed E-state index contributed by atoms with van der Waals surface area (Å²) in [4.78, 5) is 11.6. The SMILES string of the molecule is Cc1ccc(S(=O)(=O)CCCOc2ccc(CC(C)c3ccc(O)c(C(=O)O)c3)cc2)cc1. The zero-order valence-corrected chi connectivity index (χ0v) is 19.5. The largest absolute Gasteiger partial charge is 0.507 e. The second kappa shape index (κ2) is 10.5. The summed E-state index contributed by atoms with van der Waals surface area (Å²) in [6.45, 7) is 4.21. The summed E-state index contributed by atoms with van der Waals surface area (Å²) in [6.07, 6.45) is 1.08. The summed E-state index contributed by atoms with van der Waals surface area (Å²) in [5, 5.41) is 18.9. The van der Waals surface area contributed by atoms with Crippen molar-refractivity contribution >= 4 is 15.8 Å². The number of rotatable bonds is 10. The fraction of sp³-hybridized carbons (Fsp3) is 0.269. The Morgan fingerprint density at radius 2 is 1.67 bits per heavy atom. The van der Waals surface area contributed by atoms with E-state index >= 15 is 0 Å². The molecule has 6 nitrogen and oxygen atoms in total. The van der Waals surface area contributed by atoms with Crippen molar-refractivity contribution in [2.24, 2.45) is 0 Å². The molecule has 33 heavy (non-hydrogen) atoms. The molecule has 0 aliphatic rings. The van der Waals surface area contributed by atoms with Crippen LogP contribution in [0.25, 0.3) is 0 Å². The minimum atomic E-state index is -3.32. The number of carboxylic acid groups (broad SMARTS) is 1. The van der Waals surface area contributed by atoms with Gasteiger partial charge in [0.05, 0.1) is 17.3 Å². The second-order valence-corrected chi connectivity index (χ2v) is 10.3. The van der Waals surface area contributed by atoms with Gasteiger partial charge in [-0.05, 0) is 73.2 Å². The Hall–Kier alpha value is -3.32. The molecule has 7 heteroatoms. The van der Waals surface area contributed by atoms with Crippen LogP contribution in [0.3, 0.4) is 0 Å². The van der Waals surface area contributed by atoms with E-state index in [0.29, 0.717) is 30.1 Å². The predicted molar refractivity (Wildman–Crippen MR) is 127 cm³/mol. The summed E-state index contributed by atoms with van der Waals surface area (Å²) < 4.78 is 30.5. The lowest BCUT2D eigenvalue weighted by atomic mass is 9.92. The topological polar surface area (TPSA) is 101 Å². The van der Waals surface area contributed by atoms with E-state index in [0.717, 1.165) is 16.7 Å². The summed E-state index contributed by atoms with van der Waals surface area (Å²) in [5.74, 6) is -0.655. The van der Waals surface area contributed by atoms with Crippen molar-refractivity contribution in [2.75, 3.05) is 12.4 Å². The third-order valence-corrected chi connectivity index (χ3v) is 7.31. The van der Waals surface area contributed by atoms with Gasteiger partial charge in [-0.15, -0.1) is 0 Å². The first-order valence-corrected chi connectivity index (χ1v) is 12.4. The fourth-order valence-corrected chi connectivity index (χ4v) is 4.81. The van der Waals surface area contributed by atoms with E-state index in [1.54, 1.807) is 30.3 Å². The number of hydrogen-bond donors (Lipinski definition) is 2. The quantitative estimate of drug-likeness (QED) is 0.407. The first kappa shape index (κ1) is 24.3. The van der Waals surface area contributed by atoms with Gasteiger partial charge in [-0.3, -0.25) is 0 Å². The molecule has 0 heterocycles. The van der Waals surface area contributed by atoms with Gasteiger partial charge in [0.15, 0.2) is 9.84 Å². The standard InChI is InChI=1S/C26H28O6S/c1-18-4-11-23(12-5-18)33(30,31)15-3-14-32-22-9-6-20(7-10-22)16-19(2)21-8-13-25(27)24(17-21)26(28)29/h4-13,17,19,27H,3,14-16H2,1-2H3,(H,28,29). The lowest BCUT2D eigenvalue weighted by Crippen LogP contribution is -2.10. The van der Waals surface area contributed by atoms with E-state index < -0.39 is 15.8 Å². The maximum absolute atomic E-state index is 12.4. The molecular formula is C26H28O6S. The van der Waals surface area contributed by atoms with Crippen LogP contribution in [0.1, 0.15) is 46.3 Å². The van der Waals surface area contributed by atoms with Crippen LogP contribution >= 0.6 is 0 Å². The molecule has 1 unspecified atom stereocenters. The van der Waals surface area contributed by atoms with Gasteiger partial charge in [-0.2, -0.15) is 0 Å². The Morgan fingerprint density at radius 1 is 1.00 bits per heavy atom. The van der Waals surface area contributed by atoms with Gasteiger partial charge < -0.3 is 14.9 Å². The number of aromatic hydroxyl groups is 1. The van der Waals surface area contributed by atoms with Crippen LogP contribution < -0.4 is 4.74 Å². The van der Waals surface area contributed by atoms with E-state index in [-0.39, 0.29) is 23.0 Å². The van der Waals surface area contributed by atoms with Crippen molar-refractivity contribution in [1.29, 1.82) is 0 Å². The Labute approximate surface area is 194 Å². The highest BCUT2D eigenvalue weighted by Crippen LogP contribution is 2.26. The molecule has 3 rings (SSSR count). The van der Waals surface area contributed by atoms with Crippen molar-refractivity contribution in [3.8, 4) is 11.5 Å². The Kier molecular flexibility index (Phi) is 7.76. The lowest BCUT2D eigenvalue weighted by molar-refractivity contribution is 0.0693. The number of carbonyl (C=O) groups is 1. The molecule has 0 saturated heterocycles. The van der Waals surface area contributed by atoms with E-state index in [2.05, 4.69) is 0 Å². The molecule has 0 spiro atoms. The highest BCUT2D eigenvalue weighted by molar-refractivity contribution is 7.91. The molecule has 0 aliphatic carbocycles. The first-order chi connectivity index (χ1) is 15.7. The molecule has 1 atom stereocenters. The molecule has 174 valence electrons. The van der Waals surface area contributed by atoms with E-state index in [1.165, 1.54) is 12.1 Å². The zero-order chi connectivity index (χ0) is 24.0. The number of carboxylic acids is 1. The van der Waals surface area contributed by atoms with Gasteiger partial charge >= 0.3 is 5.97 Å². The van der Waals surface area contributed by atoms with Crippen molar-refractivity contribution in [3.05, 3.63) is 89.0 Å². The summed E-state index contributed by atoms with van der Waals surface area (Å²) >= 11 is 0. The van der Waals surface area contributed by atoms with E-state index in [9.17, 15) is 23.4 Å². The van der Waals surface area contributed by atoms with Crippen LogP contribution in [-0.2, 0) is 16.3 Å². The molecule has 0 amide bonds. The molecule has 0 saturated carbocycles. The average Bonchev–Trinajstić information content (AvgIpc) is 2.78. The highest BCUT2D eigenvalue weighted by atomic mass is 32.2. The monoisotopic (exact) mass is 468 g/mol. The lowest BCUT2D eigenvalue weighted by Gasteiger charge is -2.14. The predicted octanol–water partition coefficient (Wildman–Crippen LogP) is 4.99. The molecular weight excluding hydrogens is 440 g/mol. The highest BCUT2D eigenvalue weighted by Gasteiger charge is 2.15. The molecule has 3 aromatic carbocycles. The number of benzene rings is 3. The van der Waals surface area contributed by atoms with Crippen molar-refractivity contribution < 1.29 is 28.2 Å². The second-order valence-electron chi connectivity index (χ2n) is 8.16. The third kappa shape index (κ3) is 6.58. The number of ether oxygens (including phenoxy) is 1. The number of aryl methyl sites for hydroxylation is 1. The maximum atomic E-state index is 12.4. The van der Waals surface area contributed by atoms with Crippen LogP contribution in [-0.4, -0.2) is 37.0 Å². The molecule has 0 fully saturated rings. The van der Waals surface area contributed by atoms with Crippen LogP contribution in [0.5, 0.6) is 11.5 Å². The maximum Gasteiger partial charge on any atom is 0.339 e. The number of aromatic carboxylic acids is 1. The van der Waals surface area contributed by atoms with Crippen molar-refractivity contribution in [3.63, 3.8) is 0 Å². The smallest absolute Gasteiger partial charge is 0.339 e. The summed E-state index contributed by atoms with van der Waals surface area (Å²) in [6, 6.07) is 19.0. The van der Waals surface area contributed by atoms with Gasteiger partial charge in [0.1, 0.15) is 17.1 Å². The summed E-state index contributed by atoms with van der Waals surface area (Å²) in [7, 11) is -3.32. The van der Waals surface area contributed by atoms with Gasteiger partial charge in [0.25, 0.3) is 0 Å². The van der Waals surface area contributed by atoms with Crippen LogP contribution in [0.15, 0.2) is 71.6 Å². The number of hydrogen-bond acceptors (Lipinski definition) is 5. The van der Waals surface area contributed by atoms with E-state index in [1.807, 2.05) is 38.1 Å². The fourth-order valence-electron chi connectivity index (χ4n) is 3.53. The van der Waals surface area contributed by atoms with Crippen molar-refractivity contribution in [2.45, 2.75) is 37.5 Å². The Morgan fingerprint density at radius 3 is 2.30 bits per heavy atom. The number of sulfone groups is 1. The zero-order valence-electron chi connectivity index (χ0n) is 18.7. The van der Waals surface area contributed by atoms with Crippen LogP contribution in [0.2, 0.25) is 0 Å². The van der Waals surface area contributed by atoms with E-state index in [4.69, 9.17) is 4.74 Å². The number of phenols is 1. The molecule has 0 radical (unpaired) electrons. The minimum absolute atomic E-state index is 0.0244. The van der Waals surface area contributed by atoms with Gasteiger partial charge in [-0.25, -0.2) is 13.2 Å². The van der Waals surface area contributed by atoms with Gasteiger partial charge in [0, 0.05) is 0 Å². The molecule has 2 N–H and O–H groups in total.